The zero-order valence-corrected chi connectivity index (χ0v) is 18.9. The number of morpholine rings is 1. The normalized spacial score (nSPS) is 18.5. The van der Waals surface area contributed by atoms with Crippen molar-refractivity contribution in [1.82, 2.24) is 4.31 Å². The van der Waals surface area contributed by atoms with Gasteiger partial charge in [0, 0.05) is 37.6 Å². The monoisotopic (exact) mass is 461 g/mol. The molecule has 1 amide bonds. The van der Waals surface area contributed by atoms with Crippen LogP contribution in [0.2, 0.25) is 0 Å². The van der Waals surface area contributed by atoms with E-state index in [4.69, 9.17) is 4.74 Å². The lowest BCUT2D eigenvalue weighted by Crippen LogP contribution is -2.40. The van der Waals surface area contributed by atoms with Gasteiger partial charge >= 0.3 is 0 Å². The summed E-state index contributed by atoms with van der Waals surface area (Å²) < 4.78 is 46.6. The molecule has 2 saturated heterocycles. The fourth-order valence-corrected chi connectivity index (χ4v) is 5.43. The van der Waals surface area contributed by atoms with Crippen LogP contribution in [0.15, 0.2) is 47.4 Å². The van der Waals surface area contributed by atoms with Crippen LogP contribution in [-0.4, -0.2) is 58.0 Å². The lowest BCUT2D eigenvalue weighted by Gasteiger charge is -2.32. The predicted molar refractivity (Wildman–Crippen MR) is 121 cm³/mol. The summed E-state index contributed by atoms with van der Waals surface area (Å²) in [6.07, 6.45) is 2.31. The van der Waals surface area contributed by atoms with Gasteiger partial charge in [0.1, 0.15) is 5.82 Å². The van der Waals surface area contributed by atoms with Crippen molar-refractivity contribution in [3.8, 4) is 0 Å². The second-order valence-electron chi connectivity index (χ2n) is 8.33. The molecule has 0 unspecified atom stereocenters. The molecule has 0 aliphatic carbocycles. The zero-order valence-electron chi connectivity index (χ0n) is 18.1. The van der Waals surface area contributed by atoms with Crippen LogP contribution in [0.4, 0.5) is 15.8 Å². The summed E-state index contributed by atoms with van der Waals surface area (Å²) in [5.41, 5.74) is 1.29. The van der Waals surface area contributed by atoms with E-state index in [9.17, 15) is 17.6 Å². The fourth-order valence-electron chi connectivity index (χ4n) is 4.00. The van der Waals surface area contributed by atoms with E-state index in [-0.39, 0.29) is 23.5 Å². The van der Waals surface area contributed by atoms with Gasteiger partial charge in [-0.25, -0.2) is 12.8 Å². The molecule has 4 rings (SSSR count). The number of carbonyl (C=O) groups excluding carboxylic acids is 1. The van der Waals surface area contributed by atoms with E-state index >= 15 is 0 Å². The fraction of sp³-hybridized carbons (Fsp3) is 0.435. The summed E-state index contributed by atoms with van der Waals surface area (Å²) >= 11 is 0. The van der Waals surface area contributed by atoms with E-state index in [2.05, 4.69) is 17.1 Å². The number of anilines is 2. The molecule has 2 aliphatic heterocycles. The van der Waals surface area contributed by atoms with Gasteiger partial charge < -0.3 is 15.0 Å². The van der Waals surface area contributed by atoms with E-state index < -0.39 is 21.7 Å². The summed E-state index contributed by atoms with van der Waals surface area (Å²) in [6.45, 7) is 5.33. The molecular formula is C23H28FN3O4S. The largest absolute Gasteiger partial charge is 0.379 e. The lowest BCUT2D eigenvalue weighted by molar-refractivity contribution is 0.0730. The van der Waals surface area contributed by atoms with E-state index in [0.717, 1.165) is 49.7 Å². The Hall–Kier alpha value is -2.49. The minimum atomic E-state index is -3.83. The first kappa shape index (κ1) is 22.7. The van der Waals surface area contributed by atoms with Crippen LogP contribution in [0.25, 0.3) is 0 Å². The molecule has 172 valence electrons. The highest BCUT2D eigenvalue weighted by atomic mass is 32.2. The number of carbonyl (C=O) groups is 1. The maximum Gasteiger partial charge on any atom is 0.258 e. The first-order valence-electron chi connectivity index (χ1n) is 10.9. The van der Waals surface area contributed by atoms with Gasteiger partial charge in [-0.15, -0.1) is 0 Å². The molecule has 0 radical (unpaired) electrons. The van der Waals surface area contributed by atoms with Crippen LogP contribution in [-0.2, 0) is 14.8 Å². The third-order valence-corrected chi connectivity index (χ3v) is 7.96. The number of amides is 1. The van der Waals surface area contributed by atoms with Crippen molar-refractivity contribution < 1.29 is 22.3 Å². The lowest BCUT2D eigenvalue weighted by atomic mass is 9.99. The highest BCUT2D eigenvalue weighted by Gasteiger charge is 2.28. The Balaban J connectivity index is 1.48. The molecule has 2 aromatic rings. The van der Waals surface area contributed by atoms with Gasteiger partial charge in [0.05, 0.1) is 23.7 Å². The molecule has 0 spiro atoms. The highest BCUT2D eigenvalue weighted by Crippen LogP contribution is 2.25. The topological polar surface area (TPSA) is 79.0 Å². The average molecular weight is 462 g/mol. The third-order valence-electron chi connectivity index (χ3n) is 6.06. The van der Waals surface area contributed by atoms with Gasteiger partial charge in [-0.2, -0.15) is 4.31 Å². The van der Waals surface area contributed by atoms with Crippen LogP contribution in [0.1, 0.15) is 30.1 Å². The molecule has 0 aromatic heterocycles. The molecule has 0 atom stereocenters. The quantitative estimate of drug-likeness (QED) is 0.739. The Morgan fingerprint density at radius 3 is 2.34 bits per heavy atom. The van der Waals surface area contributed by atoms with Crippen LogP contribution < -0.4 is 10.2 Å². The van der Waals surface area contributed by atoms with Crippen molar-refractivity contribution in [2.75, 3.05) is 49.6 Å². The Bertz CT molecular complexity index is 1060. The van der Waals surface area contributed by atoms with Gasteiger partial charge in [0.15, 0.2) is 0 Å². The van der Waals surface area contributed by atoms with E-state index in [1.807, 2.05) is 12.1 Å². The maximum absolute atomic E-state index is 14.4. The van der Waals surface area contributed by atoms with E-state index in [0.29, 0.717) is 18.9 Å². The number of piperidine rings is 1. The van der Waals surface area contributed by atoms with E-state index in [1.54, 1.807) is 12.1 Å². The Labute approximate surface area is 188 Å². The van der Waals surface area contributed by atoms with Gasteiger partial charge in [-0.05, 0) is 61.2 Å². The van der Waals surface area contributed by atoms with Crippen LogP contribution in [0.3, 0.4) is 0 Å². The molecule has 1 N–H and O–H groups in total. The Morgan fingerprint density at radius 2 is 1.69 bits per heavy atom. The first-order valence-corrected chi connectivity index (χ1v) is 12.3. The molecule has 0 saturated carbocycles. The molecule has 2 heterocycles. The third kappa shape index (κ3) is 4.95. The maximum atomic E-state index is 14.4. The number of nitrogens with one attached hydrogen (secondary N) is 1. The summed E-state index contributed by atoms with van der Waals surface area (Å²) in [5, 5.41) is 2.67. The molecular weight excluding hydrogens is 433 g/mol. The molecule has 2 aromatic carbocycles. The van der Waals surface area contributed by atoms with Gasteiger partial charge in [-0.1, -0.05) is 6.92 Å². The Morgan fingerprint density at radius 1 is 1.03 bits per heavy atom. The highest BCUT2D eigenvalue weighted by molar-refractivity contribution is 7.89. The number of nitrogens with zero attached hydrogens (tertiary/aromatic N) is 2. The van der Waals surface area contributed by atoms with Crippen molar-refractivity contribution in [2.45, 2.75) is 24.7 Å². The second-order valence-corrected chi connectivity index (χ2v) is 10.3. The average Bonchev–Trinajstić information content (AvgIpc) is 2.81. The molecule has 9 heteroatoms. The zero-order chi connectivity index (χ0) is 22.7. The van der Waals surface area contributed by atoms with Gasteiger partial charge in [0.2, 0.25) is 10.0 Å². The predicted octanol–water partition coefficient (Wildman–Crippen LogP) is 3.34. The summed E-state index contributed by atoms with van der Waals surface area (Å²) in [7, 11) is -3.83. The number of halogens is 1. The summed E-state index contributed by atoms with van der Waals surface area (Å²) in [5.74, 6) is -0.730. The van der Waals surface area contributed by atoms with Crippen molar-refractivity contribution in [2.24, 2.45) is 5.92 Å². The van der Waals surface area contributed by atoms with Crippen LogP contribution in [0.5, 0.6) is 0 Å². The molecule has 2 fully saturated rings. The second kappa shape index (κ2) is 9.56. The number of benzene rings is 2. The summed E-state index contributed by atoms with van der Waals surface area (Å²) in [6, 6.07) is 10.7. The minimum absolute atomic E-state index is 0.111. The standard InChI is InChI=1S/C23H28FN3O4S/c1-17-8-10-26(11-9-17)19-4-2-18(3-5-19)25-23(28)21-16-20(6-7-22(21)24)32(29,30)27-12-14-31-15-13-27/h2-7,16-17H,8-15H2,1H3,(H,25,28). The van der Waals surface area contributed by atoms with Crippen molar-refractivity contribution in [3.05, 3.63) is 53.8 Å². The van der Waals surface area contributed by atoms with Gasteiger partial charge in [0.25, 0.3) is 5.91 Å². The molecule has 2 aliphatic rings. The molecule has 32 heavy (non-hydrogen) atoms. The van der Waals surface area contributed by atoms with Crippen LogP contribution >= 0.6 is 0 Å². The number of hydrogen-bond donors (Lipinski definition) is 1. The first-order chi connectivity index (χ1) is 15.3. The number of ether oxygens (including phenoxy) is 1. The van der Waals surface area contributed by atoms with Crippen LogP contribution in [0, 0.1) is 11.7 Å². The minimum Gasteiger partial charge on any atom is -0.379 e. The number of sulfonamides is 1. The summed E-state index contributed by atoms with van der Waals surface area (Å²) in [4.78, 5) is 14.9. The van der Waals surface area contributed by atoms with Gasteiger partial charge in [-0.3, -0.25) is 4.79 Å². The Kier molecular flexibility index (Phi) is 6.78. The SMILES string of the molecule is CC1CCN(c2ccc(NC(=O)c3cc(S(=O)(=O)N4CCOCC4)ccc3F)cc2)CC1. The van der Waals surface area contributed by atoms with Crippen molar-refractivity contribution in [3.63, 3.8) is 0 Å². The molecule has 7 nitrogen and oxygen atoms in total. The smallest absolute Gasteiger partial charge is 0.258 e. The molecule has 0 bridgehead atoms. The number of rotatable bonds is 5. The number of hydrogen-bond acceptors (Lipinski definition) is 5. The van der Waals surface area contributed by atoms with Crippen molar-refractivity contribution >= 4 is 27.3 Å². The van der Waals surface area contributed by atoms with E-state index in [1.165, 1.54) is 10.4 Å². The van der Waals surface area contributed by atoms with Crippen molar-refractivity contribution in [1.29, 1.82) is 0 Å².